The molecule has 1 aromatic heterocycles. The van der Waals surface area contributed by atoms with Crippen LogP contribution in [-0.4, -0.2) is 44.9 Å². The van der Waals surface area contributed by atoms with Gasteiger partial charge in [0.1, 0.15) is 18.1 Å². The highest BCUT2D eigenvalue weighted by molar-refractivity contribution is 14.0. The average molecular weight is 512 g/mol. The number of benzene rings is 1. The predicted octanol–water partition coefficient (Wildman–Crippen LogP) is 3.24. The van der Waals surface area contributed by atoms with Crippen molar-refractivity contribution in [2.24, 2.45) is 10.9 Å². The number of nitrogens with one attached hydrogen (secondary N) is 2. The molecular formula is C21H29IN4O3. The minimum atomic E-state index is 0. The second kappa shape index (κ2) is 12.4. The van der Waals surface area contributed by atoms with Gasteiger partial charge in [0.25, 0.3) is 0 Å². The first-order chi connectivity index (χ1) is 13.8. The molecule has 1 saturated carbocycles. The molecule has 8 heteroatoms. The molecule has 2 aromatic rings. The molecule has 0 atom stereocenters. The van der Waals surface area contributed by atoms with Crippen molar-refractivity contribution < 1.29 is 14.2 Å². The maximum atomic E-state index is 5.73. The molecule has 7 nitrogen and oxygen atoms in total. The molecule has 0 bridgehead atoms. The van der Waals surface area contributed by atoms with Gasteiger partial charge in [0, 0.05) is 25.9 Å². The highest BCUT2D eigenvalue weighted by Gasteiger charge is 2.22. The lowest BCUT2D eigenvalue weighted by atomic mass is 10.2. The summed E-state index contributed by atoms with van der Waals surface area (Å²) in [7, 11) is 3.39. The minimum Gasteiger partial charge on any atom is -0.497 e. The van der Waals surface area contributed by atoms with Crippen molar-refractivity contribution in [3.05, 3.63) is 48.2 Å². The van der Waals surface area contributed by atoms with Gasteiger partial charge in [-0.05, 0) is 54.7 Å². The molecule has 2 N–H and O–H groups in total. The van der Waals surface area contributed by atoms with Crippen LogP contribution in [0.15, 0.2) is 47.6 Å². The summed E-state index contributed by atoms with van der Waals surface area (Å²) in [5, 5.41) is 6.53. The number of pyridine rings is 1. The topological polar surface area (TPSA) is 77.0 Å². The van der Waals surface area contributed by atoms with Crippen LogP contribution < -0.4 is 24.8 Å². The van der Waals surface area contributed by atoms with Crippen LogP contribution in [0, 0.1) is 5.92 Å². The smallest absolute Gasteiger partial charge is 0.213 e. The van der Waals surface area contributed by atoms with Crippen LogP contribution in [0.5, 0.6) is 17.4 Å². The molecule has 1 aliphatic rings. The molecule has 158 valence electrons. The quantitative estimate of drug-likeness (QED) is 0.220. The van der Waals surface area contributed by atoms with Crippen LogP contribution in [0.2, 0.25) is 0 Å². The van der Waals surface area contributed by atoms with E-state index in [2.05, 4.69) is 20.6 Å². The van der Waals surface area contributed by atoms with Crippen molar-refractivity contribution in [3.8, 4) is 17.4 Å². The highest BCUT2D eigenvalue weighted by atomic mass is 127. The van der Waals surface area contributed by atoms with E-state index in [1.54, 1.807) is 20.4 Å². The lowest BCUT2D eigenvalue weighted by molar-refractivity contribution is 0.288. The summed E-state index contributed by atoms with van der Waals surface area (Å²) in [5.41, 5.74) is 1.10. The number of halogens is 1. The summed E-state index contributed by atoms with van der Waals surface area (Å²) < 4.78 is 16.6. The standard InChI is InChI=1S/C21H28N4O3.HI/c1-22-21(24-11-12-27-19-7-5-18(26-2)6-8-19)25-14-17-9-10-23-20(13-17)28-15-16-3-4-16;/h5-10,13,16H,3-4,11-12,14-15H2,1-2H3,(H2,22,24,25);1H. The monoisotopic (exact) mass is 512 g/mol. The number of hydrogen-bond donors (Lipinski definition) is 2. The van der Waals surface area contributed by atoms with Gasteiger partial charge in [0.15, 0.2) is 5.96 Å². The van der Waals surface area contributed by atoms with Crippen molar-refractivity contribution in [1.29, 1.82) is 0 Å². The first-order valence-corrected chi connectivity index (χ1v) is 9.56. The third-order valence-electron chi connectivity index (χ3n) is 4.37. The minimum absolute atomic E-state index is 0. The molecule has 1 fully saturated rings. The Labute approximate surface area is 189 Å². The van der Waals surface area contributed by atoms with E-state index in [1.807, 2.05) is 36.4 Å². The molecule has 29 heavy (non-hydrogen) atoms. The summed E-state index contributed by atoms with van der Waals surface area (Å²) in [4.78, 5) is 8.50. The Hall–Kier alpha value is -2.23. The number of nitrogens with zero attached hydrogens (tertiary/aromatic N) is 2. The molecule has 1 aromatic carbocycles. The van der Waals surface area contributed by atoms with Crippen molar-refractivity contribution in [1.82, 2.24) is 15.6 Å². The number of aliphatic imine (C=N–C) groups is 1. The Balaban J connectivity index is 0.00000300. The molecule has 0 unspecified atom stereocenters. The van der Waals surface area contributed by atoms with Gasteiger partial charge < -0.3 is 24.8 Å². The summed E-state index contributed by atoms with van der Waals surface area (Å²) in [6.45, 7) is 2.57. The number of ether oxygens (including phenoxy) is 3. The molecule has 1 aliphatic carbocycles. The van der Waals surface area contributed by atoms with E-state index >= 15 is 0 Å². The zero-order valence-corrected chi connectivity index (χ0v) is 19.2. The van der Waals surface area contributed by atoms with Crippen molar-refractivity contribution >= 4 is 29.9 Å². The second-order valence-corrected chi connectivity index (χ2v) is 6.63. The van der Waals surface area contributed by atoms with Crippen molar-refractivity contribution in [3.63, 3.8) is 0 Å². The SMILES string of the molecule is CN=C(NCCOc1ccc(OC)cc1)NCc1ccnc(OCC2CC2)c1.I. The fourth-order valence-electron chi connectivity index (χ4n) is 2.54. The molecule has 0 aliphatic heterocycles. The molecule has 0 amide bonds. The third kappa shape index (κ3) is 8.35. The first kappa shape index (κ1) is 23.1. The van der Waals surface area contributed by atoms with Gasteiger partial charge in [0.2, 0.25) is 5.88 Å². The van der Waals surface area contributed by atoms with Crippen LogP contribution in [0.3, 0.4) is 0 Å². The largest absolute Gasteiger partial charge is 0.497 e. The van der Waals surface area contributed by atoms with Crippen LogP contribution in [0.4, 0.5) is 0 Å². The number of aromatic nitrogens is 1. The maximum Gasteiger partial charge on any atom is 0.213 e. The summed E-state index contributed by atoms with van der Waals surface area (Å²) in [6.07, 6.45) is 4.31. The van der Waals surface area contributed by atoms with Crippen LogP contribution in [-0.2, 0) is 6.54 Å². The van der Waals surface area contributed by atoms with Crippen LogP contribution in [0.1, 0.15) is 18.4 Å². The number of hydrogen-bond acceptors (Lipinski definition) is 5. The van der Waals surface area contributed by atoms with Gasteiger partial charge in [0.05, 0.1) is 20.3 Å². The van der Waals surface area contributed by atoms with E-state index in [-0.39, 0.29) is 24.0 Å². The lowest BCUT2D eigenvalue weighted by Crippen LogP contribution is -2.38. The Morgan fingerprint density at radius 1 is 1.10 bits per heavy atom. The van der Waals surface area contributed by atoms with Gasteiger partial charge in [-0.15, -0.1) is 24.0 Å². The zero-order valence-electron chi connectivity index (χ0n) is 16.9. The predicted molar refractivity (Wildman–Crippen MR) is 125 cm³/mol. The molecule has 0 saturated heterocycles. The summed E-state index contributed by atoms with van der Waals surface area (Å²) >= 11 is 0. The van der Waals surface area contributed by atoms with Gasteiger partial charge in [-0.2, -0.15) is 0 Å². The maximum absolute atomic E-state index is 5.73. The average Bonchev–Trinajstić information content (AvgIpc) is 3.57. The molecular weight excluding hydrogens is 483 g/mol. The third-order valence-corrected chi connectivity index (χ3v) is 4.37. The zero-order chi connectivity index (χ0) is 19.6. The van der Waals surface area contributed by atoms with Gasteiger partial charge in [-0.25, -0.2) is 4.98 Å². The van der Waals surface area contributed by atoms with E-state index in [0.717, 1.165) is 29.6 Å². The number of methoxy groups -OCH3 is 1. The summed E-state index contributed by atoms with van der Waals surface area (Å²) in [5.74, 6) is 3.73. The van der Waals surface area contributed by atoms with E-state index in [4.69, 9.17) is 14.2 Å². The lowest BCUT2D eigenvalue weighted by Gasteiger charge is -2.13. The van der Waals surface area contributed by atoms with Gasteiger partial charge in [-0.1, -0.05) is 0 Å². The van der Waals surface area contributed by atoms with Crippen molar-refractivity contribution in [2.75, 3.05) is 33.9 Å². The number of guanidine groups is 1. The Morgan fingerprint density at radius 3 is 2.55 bits per heavy atom. The first-order valence-electron chi connectivity index (χ1n) is 9.56. The molecule has 0 radical (unpaired) electrons. The summed E-state index contributed by atoms with van der Waals surface area (Å²) in [6, 6.07) is 11.5. The van der Waals surface area contributed by atoms with Gasteiger partial charge >= 0.3 is 0 Å². The Morgan fingerprint density at radius 2 is 1.86 bits per heavy atom. The highest BCUT2D eigenvalue weighted by Crippen LogP contribution is 2.29. The van der Waals surface area contributed by atoms with E-state index in [0.29, 0.717) is 31.5 Å². The molecule has 1 heterocycles. The number of rotatable bonds is 10. The van der Waals surface area contributed by atoms with E-state index < -0.39 is 0 Å². The van der Waals surface area contributed by atoms with E-state index in [9.17, 15) is 0 Å². The van der Waals surface area contributed by atoms with Gasteiger partial charge in [-0.3, -0.25) is 4.99 Å². The van der Waals surface area contributed by atoms with Crippen LogP contribution in [0.25, 0.3) is 0 Å². The second-order valence-electron chi connectivity index (χ2n) is 6.63. The normalized spacial score (nSPS) is 13.2. The van der Waals surface area contributed by atoms with E-state index in [1.165, 1.54) is 12.8 Å². The molecule has 3 rings (SSSR count). The fraction of sp³-hybridized carbons (Fsp3) is 0.429. The Bertz CT molecular complexity index is 767. The van der Waals surface area contributed by atoms with Crippen molar-refractivity contribution in [2.45, 2.75) is 19.4 Å². The Kier molecular flexibility index (Phi) is 9.82. The van der Waals surface area contributed by atoms with Crippen LogP contribution >= 0.6 is 24.0 Å². The molecule has 0 spiro atoms. The fourth-order valence-corrected chi connectivity index (χ4v) is 2.54.